The number of hydrogen-bond acceptors (Lipinski definition) is 5. The highest BCUT2D eigenvalue weighted by atomic mass is 16.5. The van der Waals surface area contributed by atoms with Crippen molar-refractivity contribution < 1.29 is 14.9 Å². The smallest absolute Gasteiger partial charge is 0.276 e. The molecule has 0 bridgehead atoms. The van der Waals surface area contributed by atoms with Gasteiger partial charge in [-0.1, -0.05) is 0 Å². The van der Waals surface area contributed by atoms with Crippen LogP contribution in [0.25, 0.3) is 11.0 Å². The average molecular weight is 194 g/mol. The van der Waals surface area contributed by atoms with Gasteiger partial charge in [0.2, 0.25) is 0 Å². The highest BCUT2D eigenvalue weighted by Crippen LogP contribution is 2.24. The van der Waals surface area contributed by atoms with Gasteiger partial charge in [-0.3, -0.25) is 0 Å². The molecule has 0 spiro atoms. The average Bonchev–Trinajstić information content (AvgIpc) is 2.19. The van der Waals surface area contributed by atoms with Crippen LogP contribution >= 0.6 is 0 Å². The second-order valence-electron chi connectivity index (χ2n) is 2.73. The summed E-state index contributed by atoms with van der Waals surface area (Å²) < 4.78 is 4.98. The van der Waals surface area contributed by atoms with Gasteiger partial charge in [-0.15, -0.1) is 0 Å². The van der Waals surface area contributed by atoms with Crippen molar-refractivity contribution >= 4 is 11.0 Å². The van der Waals surface area contributed by atoms with Crippen LogP contribution < -0.4 is 4.74 Å². The Labute approximate surface area is 79.6 Å². The number of benzene rings is 1. The van der Waals surface area contributed by atoms with E-state index in [1.165, 1.54) is 7.11 Å². The Kier molecular flexibility index (Phi) is 1.85. The Hall–Kier alpha value is -2.04. The molecule has 5 nitrogen and oxygen atoms in total. The lowest BCUT2D eigenvalue weighted by Crippen LogP contribution is -1.87. The molecular weight excluding hydrogens is 186 g/mol. The summed E-state index contributed by atoms with van der Waals surface area (Å²) in [4.78, 5) is 7.48. The second-order valence-corrected chi connectivity index (χ2v) is 2.73. The van der Waals surface area contributed by atoms with E-state index in [1.807, 2.05) is 0 Å². The topological polar surface area (TPSA) is 75.5 Å². The highest BCUT2D eigenvalue weighted by Gasteiger charge is 2.06. The van der Waals surface area contributed by atoms with Gasteiger partial charge in [-0.2, -0.15) is 0 Å². The number of aromatic hydroxyl groups is 2. The van der Waals surface area contributed by atoms with E-state index in [0.29, 0.717) is 16.8 Å². The van der Waals surface area contributed by atoms with Crippen LogP contribution in [0.15, 0.2) is 18.2 Å². The molecule has 0 saturated heterocycles. The van der Waals surface area contributed by atoms with Crippen LogP contribution in [0.1, 0.15) is 0 Å². The number of ether oxygens (including phenoxy) is 1. The number of nitrogens with zero attached hydrogens (tertiary/aromatic N) is 2. The summed E-state index contributed by atoms with van der Waals surface area (Å²) in [6, 6.07) is 4.98. The molecule has 2 N–H and O–H groups in total. The molecule has 0 aliphatic heterocycles. The maximum absolute atomic E-state index is 9.12. The summed E-state index contributed by atoms with van der Waals surface area (Å²) in [5, 5.41) is 18.2. The van der Waals surface area contributed by atoms with Crippen LogP contribution in [-0.4, -0.2) is 27.3 Å². The maximum Gasteiger partial charge on any atom is 0.276 e. The normalized spacial score (nSPS) is 10.4. The monoisotopic (exact) mass is 194 g/mol. The van der Waals surface area contributed by atoms with E-state index in [0.717, 1.165) is 0 Å². The zero-order valence-electron chi connectivity index (χ0n) is 7.43. The summed E-state index contributed by atoms with van der Waals surface area (Å²) in [5.74, 6) is -0.328. The van der Waals surface area contributed by atoms with Gasteiger partial charge in [-0.05, 0) is 12.1 Å². The SMILES string of the molecule is COc1ccc2n[13c](O)[13c](O)nc2c1. The second kappa shape index (κ2) is 3.02. The van der Waals surface area contributed by atoms with E-state index >= 15 is 0 Å². The summed E-state index contributed by atoms with van der Waals surface area (Å²) in [6.45, 7) is 0. The van der Waals surface area contributed by atoms with Crippen LogP contribution in [0.4, 0.5) is 0 Å². The molecule has 0 aliphatic carbocycles. The molecule has 1 aromatic carbocycles. The number of methoxy groups -OCH3 is 1. The van der Waals surface area contributed by atoms with Gasteiger partial charge in [0, 0.05) is 6.07 Å². The molecule has 0 fully saturated rings. The highest BCUT2D eigenvalue weighted by molar-refractivity contribution is 5.77. The molecule has 0 amide bonds. The van der Waals surface area contributed by atoms with E-state index in [-0.39, 0.29) is 0 Å². The largest absolute Gasteiger partial charge is 0.497 e. The molecule has 14 heavy (non-hydrogen) atoms. The maximum atomic E-state index is 9.12. The third-order valence-corrected chi connectivity index (χ3v) is 1.84. The molecule has 1 aromatic heterocycles. The summed E-state index contributed by atoms with van der Waals surface area (Å²) in [5.41, 5.74) is 0.973. The predicted molar refractivity (Wildman–Crippen MR) is 49.4 cm³/mol. The van der Waals surface area contributed by atoms with Gasteiger partial charge in [0.25, 0.3) is 11.8 Å². The van der Waals surface area contributed by atoms with Crippen LogP contribution in [0.2, 0.25) is 0 Å². The van der Waals surface area contributed by atoms with E-state index in [1.54, 1.807) is 18.2 Å². The molecule has 5 heteroatoms. The lowest BCUT2D eigenvalue weighted by molar-refractivity contribution is 0.377. The Morgan fingerprint density at radius 2 is 1.71 bits per heavy atom. The lowest BCUT2D eigenvalue weighted by atomic mass is 10.3. The Balaban J connectivity index is 2.70. The number of aromatic nitrogens is 2. The summed E-state index contributed by atoms with van der Waals surface area (Å²) in [7, 11) is 1.54. The predicted octanol–water partition coefficient (Wildman–Crippen LogP) is 1.05. The Morgan fingerprint density at radius 1 is 1.07 bits per heavy atom. The van der Waals surface area contributed by atoms with Crippen LogP contribution in [0.5, 0.6) is 17.5 Å². The molecule has 2 aromatic rings. The fourth-order valence-corrected chi connectivity index (χ4v) is 1.14. The Bertz CT molecular complexity index is 485. The first-order chi connectivity index (χ1) is 6.70. The van der Waals surface area contributed by atoms with Crippen LogP contribution in [0.3, 0.4) is 0 Å². The van der Waals surface area contributed by atoms with Crippen molar-refractivity contribution in [2.45, 2.75) is 0 Å². The van der Waals surface area contributed by atoms with Gasteiger partial charge in [0.15, 0.2) is 0 Å². The van der Waals surface area contributed by atoms with Crippen molar-refractivity contribution in [3.8, 4) is 17.5 Å². The molecule has 2 rings (SSSR count). The fraction of sp³-hybridized carbons (Fsp3) is 0.111. The number of hydrogen-bond donors (Lipinski definition) is 2. The third-order valence-electron chi connectivity index (χ3n) is 1.84. The van der Waals surface area contributed by atoms with Crippen molar-refractivity contribution in [3.63, 3.8) is 0 Å². The van der Waals surface area contributed by atoms with E-state index in [2.05, 4.69) is 9.97 Å². The number of rotatable bonds is 1. The van der Waals surface area contributed by atoms with Crippen LogP contribution in [-0.2, 0) is 0 Å². The minimum absolute atomic E-state index is 0.470. The fourth-order valence-electron chi connectivity index (χ4n) is 1.14. The lowest BCUT2D eigenvalue weighted by Gasteiger charge is -2.02. The first kappa shape index (κ1) is 8.55. The third kappa shape index (κ3) is 1.28. The first-order valence-corrected chi connectivity index (χ1v) is 3.94. The minimum atomic E-state index is -0.481. The first-order valence-electron chi connectivity index (χ1n) is 3.94. The van der Waals surface area contributed by atoms with Crippen molar-refractivity contribution in [3.05, 3.63) is 18.2 Å². The van der Waals surface area contributed by atoms with E-state index < -0.39 is 11.8 Å². The molecule has 0 atom stereocenters. The molecule has 0 radical (unpaired) electrons. The standard InChI is InChI=1S/C9H8N2O3/c1-14-5-2-3-6-7(4-5)11-9(13)8(12)10-6/h2-4H,1H3,(H,10,12)(H,11,13)/i8+1,9+1. The van der Waals surface area contributed by atoms with Gasteiger partial charge in [-0.25, -0.2) is 9.97 Å². The van der Waals surface area contributed by atoms with Gasteiger partial charge < -0.3 is 14.9 Å². The summed E-state index contributed by atoms with van der Waals surface area (Å²) >= 11 is 0. The molecular formula is C9H8N2O3. The van der Waals surface area contributed by atoms with Gasteiger partial charge >= 0.3 is 0 Å². The molecule has 0 aliphatic rings. The van der Waals surface area contributed by atoms with Crippen molar-refractivity contribution in [1.29, 1.82) is 0 Å². The zero-order chi connectivity index (χ0) is 10.1. The molecule has 72 valence electrons. The van der Waals surface area contributed by atoms with E-state index in [9.17, 15) is 0 Å². The minimum Gasteiger partial charge on any atom is -0.497 e. The van der Waals surface area contributed by atoms with E-state index in [4.69, 9.17) is 14.9 Å². The number of fused-ring (bicyclic) bond motifs is 1. The van der Waals surface area contributed by atoms with Crippen molar-refractivity contribution in [1.82, 2.24) is 9.97 Å². The van der Waals surface area contributed by atoms with Crippen LogP contribution in [0, 0.1) is 0 Å². The Morgan fingerprint density at radius 3 is 2.36 bits per heavy atom. The summed E-state index contributed by atoms with van der Waals surface area (Å²) in [6.07, 6.45) is 0. The van der Waals surface area contributed by atoms with Gasteiger partial charge in [0.1, 0.15) is 5.75 Å². The van der Waals surface area contributed by atoms with Crippen molar-refractivity contribution in [2.24, 2.45) is 0 Å². The zero-order valence-corrected chi connectivity index (χ0v) is 7.43. The molecule has 1 heterocycles. The molecule has 0 unspecified atom stereocenters. The van der Waals surface area contributed by atoms with Crippen molar-refractivity contribution in [2.75, 3.05) is 7.11 Å². The quantitative estimate of drug-likeness (QED) is 0.709. The van der Waals surface area contributed by atoms with Gasteiger partial charge in [0.05, 0.1) is 18.1 Å². The molecule has 0 saturated carbocycles.